The van der Waals surface area contributed by atoms with Crippen LogP contribution in [0.25, 0.3) is 0 Å². The van der Waals surface area contributed by atoms with Gasteiger partial charge < -0.3 is 9.64 Å². The smallest absolute Gasteiger partial charge is 0.337 e. The largest absolute Gasteiger partial charge is 0.456 e. The number of allylic oxidation sites excluding steroid dienone is 1. The number of carbonyl (C=O) groups is 1. The van der Waals surface area contributed by atoms with Crippen molar-refractivity contribution >= 4 is 5.97 Å². The van der Waals surface area contributed by atoms with Crippen molar-refractivity contribution in [1.29, 1.82) is 0 Å². The van der Waals surface area contributed by atoms with Gasteiger partial charge in [0.25, 0.3) is 0 Å². The number of hydrogen-bond donors (Lipinski definition) is 0. The quantitative estimate of drug-likeness (QED) is 0.811. The molecule has 0 aliphatic carbocycles. The van der Waals surface area contributed by atoms with E-state index >= 15 is 0 Å². The maximum absolute atomic E-state index is 12.2. The number of nitrogens with zero attached hydrogens (tertiary/aromatic N) is 1. The minimum atomic E-state index is -0.198. The first-order valence-electron chi connectivity index (χ1n) is 7.77. The molecule has 2 aliphatic rings. The van der Waals surface area contributed by atoms with Crippen LogP contribution in [-0.4, -0.2) is 17.5 Å². The molecule has 0 aromatic heterocycles. The molecule has 0 radical (unpaired) electrons. The van der Waals surface area contributed by atoms with E-state index < -0.39 is 0 Å². The Morgan fingerprint density at radius 2 is 1.70 bits per heavy atom. The number of carbonyl (C=O) groups excluding carboxylic acids is 1. The summed E-state index contributed by atoms with van der Waals surface area (Å²) < 4.78 is 5.32. The minimum Gasteiger partial charge on any atom is -0.456 e. The molecular weight excluding hydrogens is 286 g/mol. The van der Waals surface area contributed by atoms with E-state index in [1.807, 2.05) is 36.4 Å². The number of cyclic esters (lactones) is 1. The summed E-state index contributed by atoms with van der Waals surface area (Å²) in [6.45, 7) is 1.10. The van der Waals surface area contributed by atoms with Gasteiger partial charge in [0.2, 0.25) is 0 Å². The van der Waals surface area contributed by atoms with E-state index in [1.54, 1.807) is 0 Å². The molecule has 2 aromatic rings. The molecule has 0 amide bonds. The zero-order valence-corrected chi connectivity index (χ0v) is 12.7. The third kappa shape index (κ3) is 2.55. The lowest BCUT2D eigenvalue weighted by Gasteiger charge is -2.28. The second kappa shape index (κ2) is 5.76. The number of ether oxygens (including phenoxy) is 1. The topological polar surface area (TPSA) is 29.5 Å². The monoisotopic (exact) mass is 303 g/mol. The van der Waals surface area contributed by atoms with E-state index in [9.17, 15) is 4.79 Å². The molecule has 0 fully saturated rings. The van der Waals surface area contributed by atoms with Crippen molar-refractivity contribution in [1.82, 2.24) is 4.90 Å². The molecule has 1 atom stereocenters. The van der Waals surface area contributed by atoms with Crippen molar-refractivity contribution in [3.63, 3.8) is 0 Å². The summed E-state index contributed by atoms with van der Waals surface area (Å²) in [7, 11) is 0. The highest BCUT2D eigenvalue weighted by molar-refractivity contribution is 5.94. The van der Waals surface area contributed by atoms with Gasteiger partial charge in [-0.25, -0.2) is 4.79 Å². The fraction of sp³-hybridized carbons (Fsp3) is 0.150. The van der Waals surface area contributed by atoms with Crippen LogP contribution in [-0.2, 0) is 16.1 Å². The molecule has 1 unspecified atom stereocenters. The fourth-order valence-electron chi connectivity index (χ4n) is 3.19. The zero-order valence-electron chi connectivity index (χ0n) is 12.7. The predicted molar refractivity (Wildman–Crippen MR) is 88.3 cm³/mol. The molecular formula is C20H17NO2. The van der Waals surface area contributed by atoms with Crippen molar-refractivity contribution in [2.75, 3.05) is 6.61 Å². The first kappa shape index (κ1) is 13.8. The lowest BCUT2D eigenvalue weighted by atomic mass is 9.88. The third-order valence-electron chi connectivity index (χ3n) is 4.34. The molecule has 114 valence electrons. The molecule has 0 N–H and O–H groups in total. The van der Waals surface area contributed by atoms with Crippen molar-refractivity contribution in [2.45, 2.75) is 12.5 Å². The summed E-state index contributed by atoms with van der Waals surface area (Å²) in [5, 5.41) is 0. The summed E-state index contributed by atoms with van der Waals surface area (Å²) in [5.41, 5.74) is 4.08. The molecule has 0 spiro atoms. The van der Waals surface area contributed by atoms with Gasteiger partial charge in [0, 0.05) is 18.7 Å². The number of benzene rings is 2. The summed E-state index contributed by atoms with van der Waals surface area (Å²) in [4.78, 5) is 14.4. The van der Waals surface area contributed by atoms with Crippen LogP contribution >= 0.6 is 0 Å². The van der Waals surface area contributed by atoms with Gasteiger partial charge in [-0.1, -0.05) is 66.7 Å². The highest BCUT2D eigenvalue weighted by atomic mass is 16.5. The Morgan fingerprint density at radius 3 is 2.43 bits per heavy atom. The summed E-state index contributed by atoms with van der Waals surface area (Å²) in [5.74, 6) is -0.218. The third-order valence-corrected chi connectivity index (χ3v) is 4.34. The highest BCUT2D eigenvalue weighted by Gasteiger charge is 2.35. The Morgan fingerprint density at radius 1 is 1.00 bits per heavy atom. The van der Waals surface area contributed by atoms with Gasteiger partial charge in [0.15, 0.2) is 0 Å². The number of hydrogen-bond acceptors (Lipinski definition) is 3. The average Bonchev–Trinajstić information content (AvgIpc) is 3.00. The average molecular weight is 303 g/mol. The van der Waals surface area contributed by atoms with Crippen LogP contribution < -0.4 is 0 Å². The molecule has 4 rings (SSSR count). The first-order valence-corrected chi connectivity index (χ1v) is 7.77. The number of rotatable bonds is 3. The molecule has 23 heavy (non-hydrogen) atoms. The van der Waals surface area contributed by atoms with E-state index in [2.05, 4.69) is 41.4 Å². The van der Waals surface area contributed by atoms with E-state index in [1.165, 1.54) is 5.56 Å². The summed E-state index contributed by atoms with van der Waals surface area (Å²) in [6.07, 6.45) is 4.16. The molecule has 3 nitrogen and oxygen atoms in total. The second-order valence-electron chi connectivity index (χ2n) is 5.78. The normalized spacial score (nSPS) is 19.7. The Balaban J connectivity index is 1.68. The van der Waals surface area contributed by atoms with E-state index in [0.717, 1.165) is 23.4 Å². The van der Waals surface area contributed by atoms with Gasteiger partial charge in [0.05, 0.1) is 11.3 Å². The van der Waals surface area contributed by atoms with Crippen LogP contribution in [0.5, 0.6) is 0 Å². The van der Waals surface area contributed by atoms with Gasteiger partial charge in [-0.3, -0.25) is 0 Å². The molecule has 2 aliphatic heterocycles. The molecule has 0 saturated carbocycles. The fourth-order valence-corrected chi connectivity index (χ4v) is 3.19. The first-order chi connectivity index (χ1) is 11.3. The van der Waals surface area contributed by atoms with Gasteiger partial charge in [-0.15, -0.1) is 0 Å². The second-order valence-corrected chi connectivity index (χ2v) is 5.78. The van der Waals surface area contributed by atoms with Crippen molar-refractivity contribution in [2.24, 2.45) is 0 Å². The van der Waals surface area contributed by atoms with Gasteiger partial charge in [-0.2, -0.15) is 0 Å². The Labute approximate surface area is 135 Å². The Bertz CT molecular complexity index is 778. The lowest BCUT2D eigenvalue weighted by molar-refractivity contribution is -0.136. The molecule has 0 bridgehead atoms. The van der Waals surface area contributed by atoms with Crippen molar-refractivity contribution in [3.8, 4) is 0 Å². The maximum Gasteiger partial charge on any atom is 0.337 e. The molecule has 0 saturated heterocycles. The van der Waals surface area contributed by atoms with Crippen LogP contribution in [0.4, 0.5) is 0 Å². The molecule has 3 heteroatoms. The van der Waals surface area contributed by atoms with Crippen molar-refractivity contribution in [3.05, 3.63) is 95.3 Å². The number of esters is 1. The van der Waals surface area contributed by atoms with Crippen LogP contribution in [0.1, 0.15) is 17.0 Å². The Hall–Kier alpha value is -2.81. The van der Waals surface area contributed by atoms with Gasteiger partial charge in [0.1, 0.15) is 6.61 Å². The minimum absolute atomic E-state index is 0.0202. The summed E-state index contributed by atoms with van der Waals surface area (Å²) >= 11 is 0. The van der Waals surface area contributed by atoms with E-state index in [-0.39, 0.29) is 11.9 Å². The highest BCUT2D eigenvalue weighted by Crippen LogP contribution is 2.37. The van der Waals surface area contributed by atoms with Crippen LogP contribution in [0.2, 0.25) is 0 Å². The van der Waals surface area contributed by atoms with Crippen LogP contribution in [0, 0.1) is 0 Å². The van der Waals surface area contributed by atoms with Gasteiger partial charge in [-0.05, 0) is 11.1 Å². The van der Waals surface area contributed by atoms with Crippen molar-refractivity contribution < 1.29 is 9.53 Å². The molecule has 2 heterocycles. The lowest BCUT2D eigenvalue weighted by Crippen LogP contribution is -2.23. The molecule has 2 aromatic carbocycles. The van der Waals surface area contributed by atoms with Gasteiger partial charge >= 0.3 is 5.97 Å². The standard InChI is InChI=1S/C20H17NO2/c22-20-19-17(16-9-5-2-6-10-16)11-12-21(18(19)14-23-20)13-15-7-3-1-4-8-15/h1-12,17H,13-14H2. The van der Waals surface area contributed by atoms with E-state index in [4.69, 9.17) is 4.74 Å². The summed E-state index contributed by atoms with van der Waals surface area (Å²) in [6, 6.07) is 20.3. The van der Waals surface area contributed by atoms with E-state index in [0.29, 0.717) is 6.61 Å². The predicted octanol–water partition coefficient (Wildman–Crippen LogP) is 3.61. The Kier molecular flexibility index (Phi) is 3.46. The van der Waals surface area contributed by atoms with Crippen LogP contribution in [0.3, 0.4) is 0 Å². The van der Waals surface area contributed by atoms with Crippen LogP contribution in [0.15, 0.2) is 84.2 Å². The maximum atomic E-state index is 12.2. The zero-order chi connectivity index (χ0) is 15.6. The SMILES string of the molecule is O=C1OCC2=C1C(c1ccccc1)C=CN2Cc1ccccc1.